The Kier molecular flexibility index (Phi) is 4.65. The van der Waals surface area contributed by atoms with Gasteiger partial charge in [-0.2, -0.15) is 0 Å². The lowest BCUT2D eigenvalue weighted by Gasteiger charge is -2.25. The smallest absolute Gasteiger partial charge is 0.142 e. The van der Waals surface area contributed by atoms with Gasteiger partial charge in [-0.25, -0.2) is 0 Å². The first-order chi connectivity index (χ1) is 9.54. The number of halogens is 1. The van der Waals surface area contributed by atoms with E-state index in [0.717, 1.165) is 11.1 Å². The van der Waals surface area contributed by atoms with Crippen molar-refractivity contribution < 1.29 is 9.84 Å². The molecule has 0 amide bonds. The van der Waals surface area contributed by atoms with Gasteiger partial charge in [0.2, 0.25) is 0 Å². The highest BCUT2D eigenvalue weighted by atomic mass is 35.5. The van der Waals surface area contributed by atoms with E-state index >= 15 is 0 Å². The molecular weight excluding hydrogens is 274 g/mol. The quantitative estimate of drug-likeness (QED) is 0.890. The first kappa shape index (κ1) is 14.9. The zero-order valence-electron chi connectivity index (χ0n) is 11.3. The van der Waals surface area contributed by atoms with Gasteiger partial charge in [-0.3, -0.25) is 0 Å². The number of rotatable bonds is 5. The highest BCUT2D eigenvalue weighted by Crippen LogP contribution is 2.30. The van der Waals surface area contributed by atoms with Gasteiger partial charge in [0.15, 0.2) is 0 Å². The maximum Gasteiger partial charge on any atom is 0.142 e. The predicted molar refractivity (Wildman–Crippen MR) is 80.9 cm³/mol. The van der Waals surface area contributed by atoms with Crippen LogP contribution in [0.5, 0.6) is 5.75 Å². The Balaban J connectivity index is 2.17. The summed E-state index contributed by atoms with van der Waals surface area (Å²) in [6, 6.07) is 14.8. The minimum absolute atomic E-state index is 0.105. The average molecular weight is 292 g/mol. The van der Waals surface area contributed by atoms with Crippen LogP contribution in [-0.2, 0) is 12.1 Å². The molecule has 0 aliphatic heterocycles. The molecule has 0 heterocycles. The third-order valence-corrected chi connectivity index (χ3v) is 3.46. The normalized spacial score (nSPS) is 13.8. The van der Waals surface area contributed by atoms with E-state index in [1.165, 1.54) is 0 Å². The van der Waals surface area contributed by atoms with Gasteiger partial charge in [0.05, 0.1) is 5.02 Å². The highest BCUT2D eigenvalue weighted by Gasteiger charge is 2.24. The van der Waals surface area contributed by atoms with Gasteiger partial charge in [0.25, 0.3) is 0 Å². The van der Waals surface area contributed by atoms with Gasteiger partial charge in [-0.05, 0) is 18.6 Å². The molecule has 0 saturated heterocycles. The molecular formula is C16H18ClNO2. The maximum absolute atomic E-state index is 10.5. The van der Waals surface area contributed by atoms with E-state index in [1.807, 2.05) is 42.5 Å². The Labute approximate surface area is 123 Å². The summed E-state index contributed by atoms with van der Waals surface area (Å²) in [6.07, 6.45) is 0. The average Bonchev–Trinajstić information content (AvgIpc) is 2.46. The van der Waals surface area contributed by atoms with E-state index in [2.05, 4.69) is 0 Å². The summed E-state index contributed by atoms with van der Waals surface area (Å²) in [7, 11) is 0. The van der Waals surface area contributed by atoms with Crippen molar-refractivity contribution in [1.82, 2.24) is 0 Å². The number of aliphatic hydroxyl groups is 1. The van der Waals surface area contributed by atoms with Gasteiger partial charge in [-0.15, -0.1) is 0 Å². The van der Waals surface area contributed by atoms with Crippen molar-refractivity contribution in [3.63, 3.8) is 0 Å². The van der Waals surface area contributed by atoms with Crippen molar-refractivity contribution in [3.05, 3.63) is 64.7 Å². The van der Waals surface area contributed by atoms with Gasteiger partial charge in [0.1, 0.15) is 18.0 Å². The lowest BCUT2D eigenvalue weighted by molar-refractivity contribution is 0.00735. The number of ether oxygens (including phenoxy) is 1. The Hall–Kier alpha value is -1.55. The molecule has 1 atom stereocenters. The first-order valence-corrected chi connectivity index (χ1v) is 6.80. The molecule has 3 N–H and O–H groups in total. The van der Waals surface area contributed by atoms with E-state index in [0.29, 0.717) is 17.3 Å². The third-order valence-electron chi connectivity index (χ3n) is 3.16. The monoisotopic (exact) mass is 291 g/mol. The van der Waals surface area contributed by atoms with E-state index < -0.39 is 5.60 Å². The molecule has 0 aliphatic rings. The topological polar surface area (TPSA) is 55.5 Å². The van der Waals surface area contributed by atoms with E-state index in [9.17, 15) is 5.11 Å². The summed E-state index contributed by atoms with van der Waals surface area (Å²) in [5.74, 6) is 0.535. The Morgan fingerprint density at radius 1 is 1.15 bits per heavy atom. The van der Waals surface area contributed by atoms with Crippen LogP contribution in [0.15, 0.2) is 48.5 Å². The van der Waals surface area contributed by atoms with E-state index in [1.54, 1.807) is 13.0 Å². The molecule has 2 aromatic rings. The molecule has 4 heteroatoms. The third kappa shape index (κ3) is 3.31. The van der Waals surface area contributed by atoms with E-state index in [4.69, 9.17) is 22.1 Å². The highest BCUT2D eigenvalue weighted by molar-refractivity contribution is 6.32. The van der Waals surface area contributed by atoms with Crippen molar-refractivity contribution in [3.8, 4) is 5.75 Å². The van der Waals surface area contributed by atoms with Crippen LogP contribution in [0.2, 0.25) is 5.02 Å². The Bertz CT molecular complexity index is 570. The summed E-state index contributed by atoms with van der Waals surface area (Å²) in [5, 5.41) is 11.0. The van der Waals surface area contributed by atoms with Crippen LogP contribution < -0.4 is 10.5 Å². The van der Waals surface area contributed by atoms with Crippen LogP contribution in [0.4, 0.5) is 0 Å². The van der Waals surface area contributed by atoms with Gasteiger partial charge < -0.3 is 15.6 Å². The Morgan fingerprint density at radius 2 is 1.85 bits per heavy atom. The fraction of sp³-hybridized carbons (Fsp3) is 0.250. The molecule has 0 radical (unpaired) electrons. The molecule has 1 unspecified atom stereocenters. The fourth-order valence-electron chi connectivity index (χ4n) is 1.97. The fourth-order valence-corrected chi connectivity index (χ4v) is 2.22. The minimum atomic E-state index is -1.09. The second kappa shape index (κ2) is 6.27. The number of nitrogens with two attached hydrogens (primary N) is 1. The van der Waals surface area contributed by atoms with Crippen LogP contribution in [0, 0.1) is 0 Å². The summed E-state index contributed by atoms with van der Waals surface area (Å²) in [5.41, 5.74) is 6.19. The van der Waals surface area contributed by atoms with Gasteiger partial charge in [0, 0.05) is 12.1 Å². The van der Waals surface area contributed by atoms with Crippen molar-refractivity contribution in [2.75, 3.05) is 6.61 Å². The van der Waals surface area contributed by atoms with Crippen LogP contribution in [0.1, 0.15) is 18.1 Å². The molecule has 0 fully saturated rings. The molecule has 2 rings (SSSR count). The molecule has 0 aliphatic carbocycles. The molecule has 0 saturated carbocycles. The standard InChI is InChI=1S/C16H18ClNO2/c1-16(19,13-7-3-2-4-8-13)11-20-15-12(10-18)6-5-9-14(15)17/h2-9,19H,10-11,18H2,1H3. The van der Waals surface area contributed by atoms with Crippen LogP contribution >= 0.6 is 11.6 Å². The van der Waals surface area contributed by atoms with Crippen molar-refractivity contribution >= 4 is 11.6 Å². The van der Waals surface area contributed by atoms with Crippen LogP contribution in [0.25, 0.3) is 0 Å². The summed E-state index contributed by atoms with van der Waals surface area (Å²) < 4.78 is 5.72. The molecule has 20 heavy (non-hydrogen) atoms. The van der Waals surface area contributed by atoms with Gasteiger partial charge >= 0.3 is 0 Å². The molecule has 0 aromatic heterocycles. The summed E-state index contributed by atoms with van der Waals surface area (Å²) in [4.78, 5) is 0. The predicted octanol–water partition coefficient (Wildman–Crippen LogP) is 3.09. The number of hydrogen-bond acceptors (Lipinski definition) is 3. The number of benzene rings is 2. The summed E-state index contributed by atoms with van der Waals surface area (Å²) in [6.45, 7) is 2.15. The second-order valence-corrected chi connectivity index (χ2v) is 5.27. The lowest BCUT2D eigenvalue weighted by Crippen LogP contribution is -2.29. The Morgan fingerprint density at radius 3 is 2.50 bits per heavy atom. The van der Waals surface area contributed by atoms with Crippen LogP contribution in [0.3, 0.4) is 0 Å². The zero-order chi connectivity index (χ0) is 14.6. The molecule has 0 spiro atoms. The van der Waals surface area contributed by atoms with Gasteiger partial charge in [-0.1, -0.05) is 54.1 Å². The van der Waals surface area contributed by atoms with Crippen molar-refractivity contribution in [2.45, 2.75) is 19.1 Å². The maximum atomic E-state index is 10.5. The molecule has 2 aromatic carbocycles. The number of para-hydroxylation sites is 1. The van der Waals surface area contributed by atoms with E-state index in [-0.39, 0.29) is 6.61 Å². The van der Waals surface area contributed by atoms with Crippen molar-refractivity contribution in [2.24, 2.45) is 5.73 Å². The minimum Gasteiger partial charge on any atom is -0.488 e. The molecule has 3 nitrogen and oxygen atoms in total. The second-order valence-electron chi connectivity index (χ2n) is 4.86. The largest absolute Gasteiger partial charge is 0.488 e. The SMILES string of the molecule is CC(O)(COc1c(Cl)cccc1CN)c1ccccc1. The molecule has 0 bridgehead atoms. The van der Waals surface area contributed by atoms with Crippen molar-refractivity contribution in [1.29, 1.82) is 0 Å². The first-order valence-electron chi connectivity index (χ1n) is 6.43. The zero-order valence-corrected chi connectivity index (χ0v) is 12.1. The summed E-state index contributed by atoms with van der Waals surface area (Å²) >= 11 is 6.12. The lowest BCUT2D eigenvalue weighted by atomic mass is 9.97. The molecule has 106 valence electrons. The number of hydrogen-bond donors (Lipinski definition) is 2. The van der Waals surface area contributed by atoms with Crippen LogP contribution in [-0.4, -0.2) is 11.7 Å².